The fourth-order valence-corrected chi connectivity index (χ4v) is 6.63. The SMILES string of the molecule is CCCCCOc1ccc(C2C(=C(O)c3ccc(F)cc3)C(=O)C(=O)N2c2nnc(SCc3ccc(F)cc3)s2)cc1OCC. The number of carbonyl (C=O) groups is 2. The number of aliphatic hydroxyl groups is 1. The monoisotopic (exact) mass is 651 g/mol. The lowest BCUT2D eigenvalue weighted by Gasteiger charge is -2.23. The number of thioether (sulfide) groups is 1. The first-order chi connectivity index (χ1) is 21.8. The van der Waals surface area contributed by atoms with Crippen molar-refractivity contribution in [3.05, 3.63) is 101 Å². The number of hydrogen-bond acceptors (Lipinski definition) is 9. The molecule has 234 valence electrons. The molecule has 0 spiro atoms. The Balaban J connectivity index is 1.54. The van der Waals surface area contributed by atoms with E-state index in [0.717, 1.165) is 48.3 Å². The Hall–Kier alpha value is -4.29. The van der Waals surface area contributed by atoms with E-state index in [1.165, 1.54) is 40.9 Å². The van der Waals surface area contributed by atoms with E-state index < -0.39 is 29.3 Å². The summed E-state index contributed by atoms with van der Waals surface area (Å²) in [5.74, 6) is -1.69. The number of carbonyl (C=O) groups excluding carboxylic acids is 2. The molecule has 4 aromatic rings. The summed E-state index contributed by atoms with van der Waals surface area (Å²) < 4.78 is 39.4. The number of rotatable bonds is 13. The van der Waals surface area contributed by atoms with Crippen LogP contribution >= 0.6 is 23.1 Å². The highest BCUT2D eigenvalue weighted by Crippen LogP contribution is 2.45. The van der Waals surface area contributed by atoms with E-state index in [4.69, 9.17) is 9.47 Å². The predicted molar refractivity (Wildman–Crippen MR) is 170 cm³/mol. The van der Waals surface area contributed by atoms with Crippen LogP contribution < -0.4 is 14.4 Å². The summed E-state index contributed by atoms with van der Waals surface area (Å²) in [6.07, 6.45) is 2.94. The standard InChI is InChI=1S/C33H31F2N3O5S2/c1-3-5-6-17-43-25-16-11-22(18-26(25)42-4-2)28-27(29(39)21-9-14-24(35)15-10-21)30(40)31(41)38(28)32-36-37-33(45-32)44-19-20-7-12-23(34)13-8-20/h7-16,18,28,39H,3-6,17,19H2,1-2H3. The van der Waals surface area contributed by atoms with E-state index in [0.29, 0.717) is 40.4 Å². The molecule has 1 aromatic heterocycles. The van der Waals surface area contributed by atoms with Crippen LogP contribution in [0.3, 0.4) is 0 Å². The average Bonchev–Trinajstić information content (AvgIpc) is 3.61. The highest BCUT2D eigenvalue weighted by molar-refractivity contribution is 8.00. The number of aromatic nitrogens is 2. The molecule has 0 aliphatic carbocycles. The van der Waals surface area contributed by atoms with Gasteiger partial charge in [-0.05, 0) is 73.0 Å². The summed E-state index contributed by atoms with van der Waals surface area (Å²) in [4.78, 5) is 28.4. The minimum Gasteiger partial charge on any atom is -0.507 e. The highest BCUT2D eigenvalue weighted by Gasteiger charge is 2.48. The van der Waals surface area contributed by atoms with Gasteiger partial charge in [0.2, 0.25) is 5.13 Å². The fraction of sp³-hybridized carbons (Fsp3) is 0.273. The van der Waals surface area contributed by atoms with Gasteiger partial charge in [0, 0.05) is 11.3 Å². The van der Waals surface area contributed by atoms with Crippen LogP contribution in [0.2, 0.25) is 0 Å². The maximum absolute atomic E-state index is 13.7. The number of ketones is 1. The summed E-state index contributed by atoms with van der Waals surface area (Å²) in [5.41, 5.74) is 1.34. The summed E-state index contributed by atoms with van der Waals surface area (Å²) in [6, 6.07) is 15.1. The van der Waals surface area contributed by atoms with Crippen molar-refractivity contribution in [3.63, 3.8) is 0 Å². The van der Waals surface area contributed by atoms with E-state index in [9.17, 15) is 23.5 Å². The lowest BCUT2D eigenvalue weighted by Crippen LogP contribution is -2.29. The highest BCUT2D eigenvalue weighted by atomic mass is 32.2. The van der Waals surface area contributed by atoms with Crippen molar-refractivity contribution in [2.45, 2.75) is 49.2 Å². The number of anilines is 1. The number of aliphatic hydroxyl groups excluding tert-OH is 1. The van der Waals surface area contributed by atoms with Crippen molar-refractivity contribution in [1.29, 1.82) is 0 Å². The van der Waals surface area contributed by atoms with Crippen LogP contribution in [0, 0.1) is 11.6 Å². The Kier molecular flexibility index (Phi) is 10.5. The van der Waals surface area contributed by atoms with Gasteiger partial charge in [0.25, 0.3) is 5.78 Å². The predicted octanol–water partition coefficient (Wildman–Crippen LogP) is 7.70. The molecule has 0 saturated carbocycles. The molecule has 1 atom stereocenters. The zero-order valence-electron chi connectivity index (χ0n) is 24.7. The summed E-state index contributed by atoms with van der Waals surface area (Å²) >= 11 is 2.46. The third kappa shape index (κ3) is 7.34. The van der Waals surface area contributed by atoms with Crippen LogP contribution in [0.15, 0.2) is 76.6 Å². The molecular formula is C33H31F2N3O5S2. The van der Waals surface area contributed by atoms with Crippen LogP contribution in [0.1, 0.15) is 55.8 Å². The van der Waals surface area contributed by atoms with Crippen molar-refractivity contribution in [2.24, 2.45) is 0 Å². The summed E-state index contributed by atoms with van der Waals surface area (Å²) in [5, 5.41) is 20.0. The van der Waals surface area contributed by atoms with Gasteiger partial charge in [-0.1, -0.05) is 61.1 Å². The fourth-order valence-electron chi connectivity index (χ4n) is 4.81. The lowest BCUT2D eigenvalue weighted by molar-refractivity contribution is -0.132. The molecular weight excluding hydrogens is 621 g/mol. The minimum absolute atomic E-state index is 0.153. The Morgan fingerprint density at radius 3 is 2.33 bits per heavy atom. The Morgan fingerprint density at radius 1 is 0.933 bits per heavy atom. The van der Waals surface area contributed by atoms with Gasteiger partial charge in [-0.25, -0.2) is 8.78 Å². The first kappa shape index (κ1) is 32.1. The first-order valence-electron chi connectivity index (χ1n) is 14.5. The van der Waals surface area contributed by atoms with Crippen molar-refractivity contribution >= 4 is 45.7 Å². The van der Waals surface area contributed by atoms with E-state index in [1.54, 1.807) is 30.3 Å². The third-order valence-electron chi connectivity index (χ3n) is 7.03. The normalized spacial score (nSPS) is 15.9. The summed E-state index contributed by atoms with van der Waals surface area (Å²) in [6.45, 7) is 4.78. The first-order valence-corrected chi connectivity index (χ1v) is 16.3. The number of amides is 1. The number of benzene rings is 3. The molecule has 8 nitrogen and oxygen atoms in total. The van der Waals surface area contributed by atoms with E-state index >= 15 is 0 Å². The Labute approximate surface area is 267 Å². The van der Waals surface area contributed by atoms with Gasteiger partial charge in [0.1, 0.15) is 17.4 Å². The molecule has 3 aromatic carbocycles. The van der Waals surface area contributed by atoms with E-state index in [2.05, 4.69) is 17.1 Å². The summed E-state index contributed by atoms with van der Waals surface area (Å²) in [7, 11) is 0. The van der Waals surface area contributed by atoms with Crippen molar-refractivity contribution in [2.75, 3.05) is 18.1 Å². The zero-order chi connectivity index (χ0) is 31.9. The second-order valence-corrected chi connectivity index (χ2v) is 12.3. The van der Waals surface area contributed by atoms with Crippen molar-refractivity contribution in [1.82, 2.24) is 10.2 Å². The lowest BCUT2D eigenvalue weighted by atomic mass is 9.95. The van der Waals surface area contributed by atoms with Crippen molar-refractivity contribution in [3.8, 4) is 11.5 Å². The minimum atomic E-state index is -1.09. The number of ether oxygens (including phenoxy) is 2. The van der Waals surface area contributed by atoms with Gasteiger partial charge < -0.3 is 14.6 Å². The second kappa shape index (κ2) is 14.7. The molecule has 12 heteroatoms. The molecule has 2 heterocycles. The molecule has 0 radical (unpaired) electrons. The van der Waals surface area contributed by atoms with Crippen LogP contribution in [-0.4, -0.2) is 40.2 Å². The molecule has 45 heavy (non-hydrogen) atoms. The molecule has 5 rings (SSSR count). The number of hydrogen-bond donors (Lipinski definition) is 1. The topological polar surface area (TPSA) is 102 Å². The Bertz CT molecular complexity index is 1690. The molecule has 1 fully saturated rings. The van der Waals surface area contributed by atoms with E-state index in [1.807, 2.05) is 6.92 Å². The van der Waals surface area contributed by atoms with Crippen LogP contribution in [0.4, 0.5) is 13.9 Å². The number of Topliss-reactive ketones (excluding diaryl/α,β-unsaturated/α-hetero) is 1. The van der Waals surface area contributed by atoms with Gasteiger partial charge >= 0.3 is 5.91 Å². The van der Waals surface area contributed by atoms with Gasteiger partial charge in [-0.2, -0.15) is 0 Å². The van der Waals surface area contributed by atoms with Crippen LogP contribution in [0.5, 0.6) is 11.5 Å². The number of unbranched alkanes of at least 4 members (excludes halogenated alkanes) is 2. The molecule has 1 amide bonds. The largest absolute Gasteiger partial charge is 0.507 e. The smallest absolute Gasteiger partial charge is 0.301 e. The van der Waals surface area contributed by atoms with Crippen LogP contribution in [0.25, 0.3) is 5.76 Å². The molecule has 0 bridgehead atoms. The van der Waals surface area contributed by atoms with Crippen LogP contribution in [-0.2, 0) is 15.3 Å². The zero-order valence-corrected chi connectivity index (χ0v) is 26.3. The number of halogens is 2. The second-order valence-electron chi connectivity index (χ2n) is 10.1. The molecule has 1 N–H and O–H groups in total. The maximum atomic E-state index is 13.7. The van der Waals surface area contributed by atoms with Gasteiger partial charge in [-0.3, -0.25) is 14.5 Å². The number of nitrogens with zero attached hydrogens (tertiary/aromatic N) is 3. The van der Waals surface area contributed by atoms with Crippen molar-refractivity contribution < 1.29 is 33.0 Å². The van der Waals surface area contributed by atoms with Gasteiger partial charge in [0.15, 0.2) is 15.8 Å². The third-order valence-corrected chi connectivity index (χ3v) is 9.16. The average molecular weight is 652 g/mol. The maximum Gasteiger partial charge on any atom is 0.301 e. The van der Waals surface area contributed by atoms with Gasteiger partial charge in [-0.15, -0.1) is 10.2 Å². The molecule has 1 saturated heterocycles. The van der Waals surface area contributed by atoms with Gasteiger partial charge in [0.05, 0.1) is 24.8 Å². The Morgan fingerprint density at radius 2 is 1.64 bits per heavy atom. The van der Waals surface area contributed by atoms with E-state index in [-0.39, 0.29) is 22.1 Å². The quantitative estimate of drug-likeness (QED) is 0.0392. The molecule has 1 aliphatic rings. The molecule has 1 unspecified atom stereocenters. The molecule has 1 aliphatic heterocycles.